The summed E-state index contributed by atoms with van der Waals surface area (Å²) in [6.45, 7) is 0. The number of rotatable bonds is 5. The van der Waals surface area contributed by atoms with E-state index in [1.54, 1.807) is 0 Å². The first-order valence-electron chi connectivity index (χ1n) is 3.15. The zero-order chi connectivity index (χ0) is 7.11. The SMILES string of the molecule is OC(Cl)CCCCCBr. The van der Waals surface area contributed by atoms with Crippen LogP contribution in [0.15, 0.2) is 0 Å². The summed E-state index contributed by atoms with van der Waals surface area (Å²) in [6, 6.07) is 0. The lowest BCUT2D eigenvalue weighted by molar-refractivity contribution is 0.241. The van der Waals surface area contributed by atoms with Gasteiger partial charge in [-0.05, 0) is 19.3 Å². The minimum Gasteiger partial charge on any atom is -0.378 e. The number of aliphatic hydroxyl groups excluding tert-OH is 1. The van der Waals surface area contributed by atoms with Crippen LogP contribution in [0, 0.1) is 0 Å². The van der Waals surface area contributed by atoms with Crippen molar-refractivity contribution in [2.75, 3.05) is 5.33 Å². The van der Waals surface area contributed by atoms with Crippen LogP contribution >= 0.6 is 27.5 Å². The number of hydrogen-bond acceptors (Lipinski definition) is 1. The molecule has 0 aliphatic rings. The van der Waals surface area contributed by atoms with Gasteiger partial charge in [-0.15, -0.1) is 0 Å². The van der Waals surface area contributed by atoms with Crippen molar-refractivity contribution in [1.29, 1.82) is 0 Å². The Balaban J connectivity index is 2.75. The predicted molar refractivity (Wildman–Crippen MR) is 44.1 cm³/mol. The van der Waals surface area contributed by atoms with Gasteiger partial charge in [0.2, 0.25) is 0 Å². The first-order valence-corrected chi connectivity index (χ1v) is 4.71. The first-order chi connectivity index (χ1) is 4.27. The quantitative estimate of drug-likeness (QED) is 0.552. The third-order valence-corrected chi connectivity index (χ3v) is 1.85. The standard InChI is InChI=1S/C6H12BrClO/c7-5-3-1-2-4-6(8)9/h6,9H,1-5H2. The van der Waals surface area contributed by atoms with Crippen molar-refractivity contribution in [3.63, 3.8) is 0 Å². The van der Waals surface area contributed by atoms with Gasteiger partial charge < -0.3 is 5.11 Å². The van der Waals surface area contributed by atoms with E-state index in [-0.39, 0.29) is 0 Å². The molecule has 0 aromatic heterocycles. The predicted octanol–water partition coefficient (Wildman–Crippen LogP) is 2.50. The third kappa shape index (κ3) is 8.73. The molecule has 0 amide bonds. The van der Waals surface area contributed by atoms with Crippen LogP contribution < -0.4 is 0 Å². The molecule has 0 aromatic rings. The van der Waals surface area contributed by atoms with Crippen LogP contribution in [-0.4, -0.2) is 16.0 Å². The van der Waals surface area contributed by atoms with E-state index in [9.17, 15) is 0 Å². The average Bonchev–Trinajstić information content (AvgIpc) is 1.80. The molecule has 0 bridgehead atoms. The summed E-state index contributed by atoms with van der Waals surface area (Å²) in [7, 11) is 0. The van der Waals surface area contributed by atoms with Gasteiger partial charge in [0.05, 0.1) is 0 Å². The summed E-state index contributed by atoms with van der Waals surface area (Å²) in [5, 5.41) is 9.65. The van der Waals surface area contributed by atoms with E-state index in [4.69, 9.17) is 16.7 Å². The molecular weight excluding hydrogens is 203 g/mol. The smallest absolute Gasteiger partial charge is 0.128 e. The number of halogens is 2. The number of alkyl halides is 2. The van der Waals surface area contributed by atoms with Crippen LogP contribution in [0.25, 0.3) is 0 Å². The molecule has 0 radical (unpaired) electrons. The lowest BCUT2D eigenvalue weighted by atomic mass is 10.2. The van der Waals surface area contributed by atoms with Crippen molar-refractivity contribution < 1.29 is 5.11 Å². The van der Waals surface area contributed by atoms with Gasteiger partial charge in [-0.1, -0.05) is 34.0 Å². The lowest BCUT2D eigenvalue weighted by Gasteiger charge is -1.99. The van der Waals surface area contributed by atoms with E-state index < -0.39 is 5.56 Å². The minimum atomic E-state index is -0.639. The average molecular weight is 216 g/mol. The molecular formula is C6H12BrClO. The van der Waals surface area contributed by atoms with Crippen molar-refractivity contribution in [2.24, 2.45) is 0 Å². The molecule has 0 aromatic carbocycles. The highest BCUT2D eigenvalue weighted by atomic mass is 79.9. The molecule has 1 nitrogen and oxygen atoms in total. The second kappa shape index (κ2) is 6.84. The molecule has 0 saturated heterocycles. The maximum Gasteiger partial charge on any atom is 0.128 e. The van der Waals surface area contributed by atoms with E-state index >= 15 is 0 Å². The number of hydrogen-bond donors (Lipinski definition) is 1. The van der Waals surface area contributed by atoms with Crippen LogP contribution in [0.2, 0.25) is 0 Å². The maximum absolute atomic E-state index is 8.61. The topological polar surface area (TPSA) is 20.2 Å². The fourth-order valence-corrected chi connectivity index (χ4v) is 1.13. The molecule has 0 saturated carbocycles. The maximum atomic E-state index is 8.61. The fraction of sp³-hybridized carbons (Fsp3) is 1.00. The van der Waals surface area contributed by atoms with Crippen molar-refractivity contribution in [2.45, 2.75) is 31.2 Å². The normalized spacial score (nSPS) is 13.7. The molecule has 0 heterocycles. The van der Waals surface area contributed by atoms with Gasteiger partial charge in [0.1, 0.15) is 5.56 Å². The Labute approximate surface area is 69.5 Å². The molecule has 1 N–H and O–H groups in total. The third-order valence-electron chi connectivity index (χ3n) is 1.08. The first kappa shape index (κ1) is 9.73. The molecule has 0 spiro atoms. The Morgan fingerprint density at radius 1 is 1.33 bits per heavy atom. The zero-order valence-corrected chi connectivity index (χ0v) is 7.66. The minimum absolute atomic E-state index is 0.639. The largest absolute Gasteiger partial charge is 0.378 e. The monoisotopic (exact) mass is 214 g/mol. The summed E-state index contributed by atoms with van der Waals surface area (Å²) >= 11 is 8.62. The fourth-order valence-electron chi connectivity index (χ4n) is 0.584. The summed E-state index contributed by atoms with van der Waals surface area (Å²) in [6.07, 6.45) is 4.06. The van der Waals surface area contributed by atoms with Gasteiger partial charge in [-0.3, -0.25) is 0 Å². The van der Waals surface area contributed by atoms with Crippen LogP contribution in [0.4, 0.5) is 0 Å². The van der Waals surface area contributed by atoms with E-state index in [1.807, 2.05) is 0 Å². The molecule has 9 heavy (non-hydrogen) atoms. The van der Waals surface area contributed by atoms with Gasteiger partial charge in [-0.2, -0.15) is 0 Å². The molecule has 56 valence electrons. The summed E-state index contributed by atoms with van der Waals surface area (Å²) < 4.78 is 0. The van der Waals surface area contributed by atoms with Crippen molar-refractivity contribution in [3.05, 3.63) is 0 Å². The summed E-state index contributed by atoms with van der Waals surface area (Å²) in [5.74, 6) is 0. The zero-order valence-electron chi connectivity index (χ0n) is 5.32. The van der Waals surface area contributed by atoms with E-state index in [1.165, 1.54) is 6.42 Å². The number of aliphatic hydroxyl groups is 1. The number of unbranched alkanes of at least 4 members (excludes halogenated alkanes) is 2. The highest BCUT2D eigenvalue weighted by Gasteiger charge is 1.95. The van der Waals surface area contributed by atoms with Crippen LogP contribution in [0.5, 0.6) is 0 Å². The molecule has 1 unspecified atom stereocenters. The Kier molecular flexibility index (Phi) is 7.40. The van der Waals surface area contributed by atoms with Gasteiger partial charge in [-0.25, -0.2) is 0 Å². The van der Waals surface area contributed by atoms with E-state index in [0.717, 1.165) is 18.2 Å². The molecule has 0 fully saturated rings. The van der Waals surface area contributed by atoms with Crippen molar-refractivity contribution in [3.8, 4) is 0 Å². The van der Waals surface area contributed by atoms with Crippen LogP contribution in [0.3, 0.4) is 0 Å². The van der Waals surface area contributed by atoms with Crippen LogP contribution in [-0.2, 0) is 0 Å². The van der Waals surface area contributed by atoms with E-state index in [2.05, 4.69) is 15.9 Å². The van der Waals surface area contributed by atoms with Crippen molar-refractivity contribution >= 4 is 27.5 Å². The van der Waals surface area contributed by atoms with Gasteiger partial charge in [0, 0.05) is 5.33 Å². The second-order valence-corrected chi connectivity index (χ2v) is 3.27. The Morgan fingerprint density at radius 3 is 2.44 bits per heavy atom. The van der Waals surface area contributed by atoms with Gasteiger partial charge in [0.15, 0.2) is 0 Å². The van der Waals surface area contributed by atoms with E-state index in [0.29, 0.717) is 6.42 Å². The lowest BCUT2D eigenvalue weighted by Crippen LogP contribution is -1.94. The molecule has 0 aliphatic carbocycles. The van der Waals surface area contributed by atoms with Crippen molar-refractivity contribution in [1.82, 2.24) is 0 Å². The Bertz CT molecular complexity index is 59.0. The highest BCUT2D eigenvalue weighted by molar-refractivity contribution is 9.09. The summed E-state index contributed by atoms with van der Waals surface area (Å²) in [5.41, 5.74) is -0.639. The highest BCUT2D eigenvalue weighted by Crippen LogP contribution is 2.06. The molecule has 0 aliphatic heterocycles. The molecule has 1 atom stereocenters. The van der Waals surface area contributed by atoms with Gasteiger partial charge >= 0.3 is 0 Å². The van der Waals surface area contributed by atoms with Gasteiger partial charge in [0.25, 0.3) is 0 Å². The molecule has 0 rings (SSSR count). The Morgan fingerprint density at radius 2 is 2.00 bits per heavy atom. The summed E-state index contributed by atoms with van der Waals surface area (Å²) in [4.78, 5) is 0. The second-order valence-electron chi connectivity index (χ2n) is 1.97. The Hall–Kier alpha value is 0.730. The van der Waals surface area contributed by atoms with Crippen LogP contribution in [0.1, 0.15) is 25.7 Å². The molecule has 3 heteroatoms.